The van der Waals surface area contributed by atoms with E-state index in [4.69, 9.17) is 4.74 Å². The van der Waals surface area contributed by atoms with Gasteiger partial charge in [-0.15, -0.1) is 0 Å². The van der Waals surface area contributed by atoms with Crippen molar-refractivity contribution >= 4 is 23.8 Å². The first-order chi connectivity index (χ1) is 9.76. The van der Waals surface area contributed by atoms with Crippen molar-refractivity contribution in [3.63, 3.8) is 0 Å². The molecule has 0 atom stereocenters. The van der Waals surface area contributed by atoms with Crippen LogP contribution in [0.5, 0.6) is 5.75 Å². The summed E-state index contributed by atoms with van der Waals surface area (Å²) in [4.78, 5) is 38.2. The number of ether oxygens (including phenoxy) is 1. The van der Waals surface area contributed by atoms with Gasteiger partial charge < -0.3 is 4.74 Å². The Morgan fingerprint density at radius 1 is 1.05 bits per heavy atom. The average molecular weight is 274 g/mol. The number of aliphatic imine (C=N–C) groups is 2. The quantitative estimate of drug-likeness (QED) is 0.239. The van der Waals surface area contributed by atoms with Gasteiger partial charge in [-0.2, -0.15) is 4.99 Å². The monoisotopic (exact) mass is 274 g/mol. The molecule has 0 saturated carbocycles. The molecule has 0 heterocycles. The number of isocyanates is 2. The number of carbonyl (C=O) groups excluding carboxylic acids is 3. The summed E-state index contributed by atoms with van der Waals surface area (Å²) in [5.74, 6) is 0.0842. The van der Waals surface area contributed by atoms with Crippen molar-refractivity contribution in [2.24, 2.45) is 9.98 Å². The van der Waals surface area contributed by atoms with Gasteiger partial charge in [-0.25, -0.2) is 14.6 Å². The molecule has 0 N–H and O–H groups in total. The molecule has 104 valence electrons. The van der Waals surface area contributed by atoms with E-state index in [0.717, 1.165) is 12.8 Å². The molecule has 0 unspecified atom stereocenters. The van der Waals surface area contributed by atoms with E-state index in [0.29, 0.717) is 30.8 Å². The van der Waals surface area contributed by atoms with Crippen molar-refractivity contribution in [2.45, 2.75) is 25.7 Å². The van der Waals surface area contributed by atoms with Crippen molar-refractivity contribution in [3.8, 4) is 5.75 Å². The summed E-state index contributed by atoms with van der Waals surface area (Å²) < 4.78 is 5.11. The summed E-state index contributed by atoms with van der Waals surface area (Å²) in [7, 11) is 0. The fourth-order valence-electron chi connectivity index (χ4n) is 1.51. The number of hydrogen-bond acceptors (Lipinski definition) is 6. The number of carbonyl (C=O) groups is 1. The average Bonchev–Trinajstić information content (AvgIpc) is 2.45. The van der Waals surface area contributed by atoms with Crippen LogP contribution in [0.15, 0.2) is 34.3 Å². The lowest BCUT2D eigenvalue weighted by atomic mass is 10.2. The first-order valence-corrected chi connectivity index (χ1v) is 6.18. The van der Waals surface area contributed by atoms with Crippen molar-refractivity contribution in [1.82, 2.24) is 0 Å². The van der Waals surface area contributed by atoms with Gasteiger partial charge in [0.05, 0.1) is 12.2 Å². The highest BCUT2D eigenvalue weighted by atomic mass is 16.5. The number of nitrogens with zero attached hydrogens (tertiary/aromatic N) is 2. The molecule has 0 fully saturated rings. The standard InChI is InChI=1S/C14H14N2O4/c17-10-15-9-3-1-2-4-14(19)20-13-7-5-12(6-8-13)16-11-18/h5-8H,1-4,9H2. The zero-order valence-corrected chi connectivity index (χ0v) is 10.9. The minimum absolute atomic E-state index is 0.305. The molecule has 0 aliphatic heterocycles. The molecular formula is C14H14N2O4. The van der Waals surface area contributed by atoms with Crippen LogP contribution in [0.3, 0.4) is 0 Å². The Morgan fingerprint density at radius 3 is 2.45 bits per heavy atom. The molecule has 20 heavy (non-hydrogen) atoms. The maximum Gasteiger partial charge on any atom is 0.311 e. The van der Waals surface area contributed by atoms with Crippen LogP contribution < -0.4 is 4.74 Å². The molecule has 0 bridgehead atoms. The summed E-state index contributed by atoms with van der Waals surface area (Å²) in [5.41, 5.74) is 0.454. The lowest BCUT2D eigenvalue weighted by Crippen LogP contribution is -2.07. The second kappa shape index (κ2) is 9.39. The molecule has 0 saturated heterocycles. The van der Waals surface area contributed by atoms with Gasteiger partial charge in [-0.1, -0.05) is 6.42 Å². The van der Waals surface area contributed by atoms with Gasteiger partial charge >= 0.3 is 5.97 Å². The molecule has 1 aromatic rings. The van der Waals surface area contributed by atoms with Crippen LogP contribution in [0.25, 0.3) is 0 Å². The molecule has 0 aromatic heterocycles. The molecular weight excluding hydrogens is 260 g/mol. The van der Waals surface area contributed by atoms with Gasteiger partial charge in [0.15, 0.2) is 0 Å². The van der Waals surface area contributed by atoms with E-state index in [1.165, 1.54) is 12.2 Å². The topological polar surface area (TPSA) is 85.2 Å². The highest BCUT2D eigenvalue weighted by molar-refractivity contribution is 5.72. The molecule has 1 rings (SSSR count). The molecule has 0 aliphatic rings. The molecule has 1 aromatic carbocycles. The summed E-state index contributed by atoms with van der Waals surface area (Å²) in [6, 6.07) is 6.25. The van der Waals surface area contributed by atoms with E-state index >= 15 is 0 Å². The second-order valence-electron chi connectivity index (χ2n) is 3.95. The van der Waals surface area contributed by atoms with E-state index in [-0.39, 0.29) is 5.97 Å². The van der Waals surface area contributed by atoms with Crippen LogP contribution in [-0.4, -0.2) is 24.7 Å². The summed E-state index contributed by atoms with van der Waals surface area (Å²) in [6.45, 7) is 0.442. The Morgan fingerprint density at radius 2 is 1.80 bits per heavy atom. The van der Waals surface area contributed by atoms with Crippen molar-refractivity contribution in [3.05, 3.63) is 24.3 Å². The van der Waals surface area contributed by atoms with E-state index in [9.17, 15) is 14.4 Å². The Balaban J connectivity index is 2.27. The van der Waals surface area contributed by atoms with Crippen LogP contribution in [-0.2, 0) is 14.4 Å². The molecule has 6 nitrogen and oxygen atoms in total. The number of unbranched alkanes of at least 4 members (excludes halogenated alkanes) is 2. The van der Waals surface area contributed by atoms with Crippen LogP contribution >= 0.6 is 0 Å². The lowest BCUT2D eigenvalue weighted by Gasteiger charge is -2.04. The van der Waals surface area contributed by atoms with Crippen LogP contribution in [0, 0.1) is 0 Å². The zero-order chi connectivity index (χ0) is 14.6. The SMILES string of the molecule is O=C=NCCCCCC(=O)Oc1ccc(N=C=O)cc1. The fraction of sp³-hybridized carbons (Fsp3) is 0.357. The maximum atomic E-state index is 11.5. The minimum atomic E-state index is -0.324. The molecule has 0 amide bonds. The molecule has 0 radical (unpaired) electrons. The van der Waals surface area contributed by atoms with E-state index in [1.54, 1.807) is 24.3 Å². The number of rotatable bonds is 8. The normalized spacial score (nSPS) is 9.20. The van der Waals surface area contributed by atoms with E-state index in [2.05, 4.69) is 9.98 Å². The van der Waals surface area contributed by atoms with Crippen LogP contribution in [0.1, 0.15) is 25.7 Å². The Hall–Kier alpha value is -2.55. The third-order valence-electron chi connectivity index (χ3n) is 2.46. The second-order valence-corrected chi connectivity index (χ2v) is 3.95. The Bertz CT molecular complexity index is 527. The third kappa shape index (κ3) is 6.40. The third-order valence-corrected chi connectivity index (χ3v) is 2.46. The number of benzene rings is 1. The predicted molar refractivity (Wildman–Crippen MR) is 71.3 cm³/mol. The van der Waals surface area contributed by atoms with Crippen LogP contribution in [0.2, 0.25) is 0 Å². The van der Waals surface area contributed by atoms with Gasteiger partial charge in [0.2, 0.25) is 12.2 Å². The van der Waals surface area contributed by atoms with Crippen molar-refractivity contribution in [2.75, 3.05) is 6.54 Å². The largest absolute Gasteiger partial charge is 0.427 e. The van der Waals surface area contributed by atoms with E-state index < -0.39 is 0 Å². The Labute approximate surface area is 116 Å². The van der Waals surface area contributed by atoms with Gasteiger partial charge in [-0.3, -0.25) is 4.79 Å². The number of hydrogen-bond donors (Lipinski definition) is 0. The zero-order valence-electron chi connectivity index (χ0n) is 10.9. The van der Waals surface area contributed by atoms with Gasteiger partial charge in [-0.05, 0) is 37.1 Å². The van der Waals surface area contributed by atoms with Gasteiger partial charge in [0.25, 0.3) is 0 Å². The van der Waals surface area contributed by atoms with Crippen molar-refractivity contribution in [1.29, 1.82) is 0 Å². The first kappa shape index (κ1) is 15.5. The smallest absolute Gasteiger partial charge is 0.311 e. The minimum Gasteiger partial charge on any atom is -0.427 e. The summed E-state index contributed by atoms with van der Waals surface area (Å²) in [5, 5.41) is 0. The summed E-state index contributed by atoms with van der Waals surface area (Å²) >= 11 is 0. The highest BCUT2D eigenvalue weighted by Gasteiger charge is 2.04. The lowest BCUT2D eigenvalue weighted by molar-refractivity contribution is -0.134. The van der Waals surface area contributed by atoms with Crippen molar-refractivity contribution < 1.29 is 19.1 Å². The Kier molecular flexibility index (Phi) is 7.28. The number of esters is 1. The maximum absolute atomic E-state index is 11.5. The van der Waals surface area contributed by atoms with E-state index in [1.807, 2.05) is 0 Å². The highest BCUT2D eigenvalue weighted by Crippen LogP contribution is 2.18. The van der Waals surface area contributed by atoms with Crippen LogP contribution in [0.4, 0.5) is 5.69 Å². The summed E-state index contributed by atoms with van der Waals surface area (Å²) in [6.07, 6.45) is 5.43. The fourth-order valence-corrected chi connectivity index (χ4v) is 1.51. The predicted octanol–water partition coefficient (Wildman–Crippen LogP) is 2.46. The van der Waals surface area contributed by atoms with Gasteiger partial charge in [0, 0.05) is 6.42 Å². The first-order valence-electron chi connectivity index (χ1n) is 6.18. The molecule has 0 aliphatic carbocycles. The van der Waals surface area contributed by atoms with Gasteiger partial charge in [0.1, 0.15) is 5.75 Å². The molecule has 0 spiro atoms. The molecule has 6 heteroatoms.